The topological polar surface area (TPSA) is 42.7 Å². The van der Waals surface area contributed by atoms with Crippen LogP contribution in [0.5, 0.6) is 0 Å². The van der Waals surface area contributed by atoms with E-state index in [-0.39, 0.29) is 0 Å². The van der Waals surface area contributed by atoms with E-state index in [1.807, 2.05) is 18.3 Å². The van der Waals surface area contributed by atoms with Gasteiger partial charge in [-0.05, 0) is 44.9 Å². The average molecular weight is 244 g/mol. The highest BCUT2D eigenvalue weighted by Gasteiger charge is 2.30. The van der Waals surface area contributed by atoms with Crippen molar-refractivity contribution in [3.05, 3.63) is 24.2 Å². The van der Waals surface area contributed by atoms with Crippen LogP contribution in [0.4, 0.5) is 0 Å². The molecule has 1 aliphatic heterocycles. The molecule has 0 bridgehead atoms. The molecule has 4 nitrogen and oxygen atoms in total. The number of hydrogen-bond acceptors (Lipinski definition) is 3. The van der Waals surface area contributed by atoms with Gasteiger partial charge in [0.1, 0.15) is 11.3 Å². The maximum absolute atomic E-state index is 4.80. The first-order valence-electron chi connectivity index (χ1n) is 6.74. The van der Waals surface area contributed by atoms with Crippen molar-refractivity contribution in [3.8, 4) is 0 Å². The Kier molecular flexibility index (Phi) is 2.82. The number of hydrogen-bond donors (Lipinski definition) is 1. The number of pyridine rings is 1. The Hall–Kier alpha value is -1.42. The molecule has 3 rings (SSSR count). The third-order valence-electron chi connectivity index (χ3n) is 3.80. The monoisotopic (exact) mass is 244 g/mol. The Bertz CT molecular complexity index is 558. The highest BCUT2D eigenvalue weighted by atomic mass is 15.2. The van der Waals surface area contributed by atoms with Crippen LogP contribution < -0.4 is 5.32 Å². The van der Waals surface area contributed by atoms with E-state index < -0.39 is 0 Å². The average Bonchev–Trinajstić information content (AvgIpc) is 2.91. The largest absolute Gasteiger partial charge is 0.309 e. The van der Waals surface area contributed by atoms with E-state index in [0.717, 1.165) is 23.5 Å². The van der Waals surface area contributed by atoms with Gasteiger partial charge in [0.15, 0.2) is 5.65 Å². The van der Waals surface area contributed by atoms with E-state index in [1.165, 1.54) is 6.42 Å². The van der Waals surface area contributed by atoms with Crippen molar-refractivity contribution < 1.29 is 0 Å². The molecule has 2 atom stereocenters. The Labute approximate surface area is 107 Å². The van der Waals surface area contributed by atoms with Crippen LogP contribution in [0.3, 0.4) is 0 Å². The molecular weight excluding hydrogens is 224 g/mol. The fourth-order valence-electron chi connectivity index (χ4n) is 2.86. The van der Waals surface area contributed by atoms with Crippen LogP contribution in [0.2, 0.25) is 0 Å². The molecule has 1 aliphatic rings. The zero-order valence-electron chi connectivity index (χ0n) is 11.2. The fourth-order valence-corrected chi connectivity index (χ4v) is 2.86. The summed E-state index contributed by atoms with van der Waals surface area (Å²) < 4.78 is 2.27. The molecule has 1 fully saturated rings. The van der Waals surface area contributed by atoms with Crippen LogP contribution in [-0.2, 0) is 0 Å². The summed E-state index contributed by atoms with van der Waals surface area (Å²) >= 11 is 0. The molecule has 4 heteroatoms. The van der Waals surface area contributed by atoms with Crippen molar-refractivity contribution in [2.75, 3.05) is 6.54 Å². The first kappa shape index (κ1) is 11.7. The Morgan fingerprint density at radius 1 is 1.44 bits per heavy atom. The molecule has 18 heavy (non-hydrogen) atoms. The molecule has 1 saturated heterocycles. The minimum atomic E-state index is 0.363. The van der Waals surface area contributed by atoms with E-state index in [0.29, 0.717) is 18.0 Å². The Balaban J connectivity index is 2.18. The Morgan fingerprint density at radius 3 is 2.94 bits per heavy atom. The summed E-state index contributed by atoms with van der Waals surface area (Å²) in [5.74, 6) is 1.78. The van der Waals surface area contributed by atoms with Gasteiger partial charge in [0, 0.05) is 12.2 Å². The summed E-state index contributed by atoms with van der Waals surface area (Å²) in [6.45, 7) is 7.76. The summed E-state index contributed by atoms with van der Waals surface area (Å²) in [5.41, 5.74) is 2.01. The van der Waals surface area contributed by atoms with Crippen molar-refractivity contribution in [2.45, 2.75) is 39.3 Å². The quantitative estimate of drug-likeness (QED) is 0.883. The van der Waals surface area contributed by atoms with Crippen LogP contribution in [0.1, 0.15) is 45.1 Å². The van der Waals surface area contributed by atoms with E-state index in [4.69, 9.17) is 4.98 Å². The van der Waals surface area contributed by atoms with Gasteiger partial charge in [0.05, 0.1) is 6.04 Å². The molecule has 0 amide bonds. The van der Waals surface area contributed by atoms with Crippen molar-refractivity contribution in [1.29, 1.82) is 0 Å². The van der Waals surface area contributed by atoms with E-state index >= 15 is 0 Å². The lowest BCUT2D eigenvalue weighted by molar-refractivity contribution is 0.443. The molecular formula is C14H20N4. The third-order valence-corrected chi connectivity index (χ3v) is 3.80. The van der Waals surface area contributed by atoms with Crippen LogP contribution in [0.15, 0.2) is 18.3 Å². The van der Waals surface area contributed by atoms with Gasteiger partial charge in [-0.3, -0.25) is 0 Å². The lowest BCUT2D eigenvalue weighted by Crippen LogP contribution is -2.22. The molecule has 1 N–H and O–H groups in total. The first-order valence-corrected chi connectivity index (χ1v) is 6.74. The van der Waals surface area contributed by atoms with Crippen LogP contribution in [-0.4, -0.2) is 21.1 Å². The van der Waals surface area contributed by atoms with Gasteiger partial charge in [0.25, 0.3) is 0 Å². The smallest absolute Gasteiger partial charge is 0.160 e. The fraction of sp³-hybridized carbons (Fsp3) is 0.571. The molecule has 2 aromatic heterocycles. The maximum Gasteiger partial charge on any atom is 0.160 e. The van der Waals surface area contributed by atoms with Gasteiger partial charge < -0.3 is 9.88 Å². The number of rotatable bonds is 2. The normalized spacial score (nSPS) is 24.2. The van der Waals surface area contributed by atoms with Gasteiger partial charge in [-0.25, -0.2) is 9.97 Å². The second-order valence-electron chi connectivity index (χ2n) is 5.48. The highest BCUT2D eigenvalue weighted by Crippen LogP contribution is 2.32. The van der Waals surface area contributed by atoms with Gasteiger partial charge >= 0.3 is 0 Å². The van der Waals surface area contributed by atoms with Gasteiger partial charge in [-0.1, -0.05) is 6.92 Å². The summed E-state index contributed by atoms with van der Waals surface area (Å²) in [6, 6.07) is 4.75. The number of nitrogens with zero attached hydrogens (tertiary/aromatic N) is 3. The molecule has 0 radical (unpaired) electrons. The zero-order valence-corrected chi connectivity index (χ0v) is 11.2. The minimum Gasteiger partial charge on any atom is -0.309 e. The van der Waals surface area contributed by atoms with Gasteiger partial charge in [-0.2, -0.15) is 0 Å². The summed E-state index contributed by atoms with van der Waals surface area (Å²) in [6.07, 6.45) is 3.07. The molecule has 3 heterocycles. The van der Waals surface area contributed by atoms with Crippen molar-refractivity contribution in [2.24, 2.45) is 5.92 Å². The standard InChI is InChI=1S/C14H20N4/c1-9(2)18-13-11(5-4-7-16-13)17-14(18)12-10(3)6-8-15-12/h4-5,7,9-10,12,15H,6,8H2,1-3H3. The molecule has 0 aromatic carbocycles. The first-order chi connectivity index (χ1) is 8.68. The van der Waals surface area contributed by atoms with Crippen LogP contribution >= 0.6 is 0 Å². The lowest BCUT2D eigenvalue weighted by Gasteiger charge is -2.19. The van der Waals surface area contributed by atoms with E-state index in [1.54, 1.807) is 0 Å². The number of imidazole rings is 1. The van der Waals surface area contributed by atoms with E-state index in [9.17, 15) is 0 Å². The molecule has 0 aliphatic carbocycles. The molecule has 2 unspecified atom stereocenters. The predicted octanol–water partition coefficient (Wildman–Crippen LogP) is 2.68. The van der Waals surface area contributed by atoms with Crippen molar-refractivity contribution in [3.63, 3.8) is 0 Å². The van der Waals surface area contributed by atoms with Gasteiger partial charge in [0.2, 0.25) is 0 Å². The molecule has 0 saturated carbocycles. The minimum absolute atomic E-state index is 0.363. The second kappa shape index (κ2) is 4.35. The van der Waals surface area contributed by atoms with Gasteiger partial charge in [-0.15, -0.1) is 0 Å². The summed E-state index contributed by atoms with van der Waals surface area (Å²) in [7, 11) is 0. The Morgan fingerprint density at radius 2 is 2.28 bits per heavy atom. The summed E-state index contributed by atoms with van der Waals surface area (Å²) in [5, 5.41) is 3.57. The number of fused-ring (bicyclic) bond motifs is 1. The maximum atomic E-state index is 4.80. The van der Waals surface area contributed by atoms with E-state index in [2.05, 4.69) is 35.6 Å². The zero-order chi connectivity index (χ0) is 12.7. The molecule has 2 aromatic rings. The summed E-state index contributed by atoms with van der Waals surface area (Å²) in [4.78, 5) is 9.30. The van der Waals surface area contributed by atoms with Crippen molar-refractivity contribution >= 4 is 11.2 Å². The van der Waals surface area contributed by atoms with Crippen LogP contribution in [0.25, 0.3) is 11.2 Å². The molecule has 96 valence electrons. The number of nitrogens with one attached hydrogen (secondary N) is 1. The third kappa shape index (κ3) is 1.72. The number of aromatic nitrogens is 3. The predicted molar refractivity (Wildman–Crippen MR) is 72.4 cm³/mol. The highest BCUT2D eigenvalue weighted by molar-refractivity contribution is 5.71. The van der Waals surface area contributed by atoms with Crippen molar-refractivity contribution in [1.82, 2.24) is 19.9 Å². The second-order valence-corrected chi connectivity index (χ2v) is 5.48. The SMILES string of the molecule is CC1CCNC1c1nc2cccnc2n1C(C)C. The van der Waals surface area contributed by atoms with Crippen LogP contribution in [0, 0.1) is 5.92 Å². The molecule has 0 spiro atoms. The lowest BCUT2D eigenvalue weighted by atomic mass is 10.0.